The number of benzene rings is 4. The number of rotatable bonds is 23. The van der Waals surface area contributed by atoms with Gasteiger partial charge in [0.15, 0.2) is 46.0 Å². The molecular formula is C53H70N2O13+2. The molecule has 4 aromatic carbocycles. The summed E-state index contributed by atoms with van der Waals surface area (Å²) in [5.74, 6) is 4.60. The second-order valence-corrected chi connectivity index (χ2v) is 17.7. The van der Waals surface area contributed by atoms with Gasteiger partial charge in [-0.15, -0.1) is 0 Å². The summed E-state index contributed by atoms with van der Waals surface area (Å²) < 4.78 is 63.5. The molecule has 6 rings (SSSR count). The SMILES string of the molecule is COc1ccc(CC2c3cc(OC)c(OC)cc3CC[N+]2(C)CCCOC(=O)C=CC(=O)OCCC[N+]2(C)CCc3cc(OC)c(OC)cc3C2Cc2cc(OC)c(OC)c(OC)c2)cc1OC. The van der Waals surface area contributed by atoms with Crippen molar-refractivity contribution in [2.24, 2.45) is 0 Å². The van der Waals surface area contributed by atoms with Crippen LogP contribution in [0.2, 0.25) is 0 Å². The second-order valence-electron chi connectivity index (χ2n) is 17.7. The summed E-state index contributed by atoms with van der Waals surface area (Å²) in [6.07, 6.45) is 6.58. The molecule has 0 aromatic heterocycles. The lowest BCUT2D eigenvalue weighted by atomic mass is 9.86. The average Bonchev–Trinajstić information content (AvgIpc) is 3.36. The third kappa shape index (κ3) is 11.5. The number of hydrogen-bond donors (Lipinski definition) is 0. The molecule has 15 heteroatoms. The van der Waals surface area contributed by atoms with E-state index in [1.54, 1.807) is 64.0 Å². The zero-order valence-corrected chi connectivity index (χ0v) is 41.7. The predicted octanol–water partition coefficient (Wildman–Crippen LogP) is 7.46. The normalized spacial score (nSPS) is 19.5. The van der Waals surface area contributed by atoms with Crippen LogP contribution >= 0.6 is 0 Å². The summed E-state index contributed by atoms with van der Waals surface area (Å²) in [5.41, 5.74) is 6.90. The van der Waals surface area contributed by atoms with Crippen LogP contribution in [0.1, 0.15) is 58.3 Å². The number of ether oxygens (including phenoxy) is 11. The molecule has 0 amide bonds. The zero-order chi connectivity index (χ0) is 49.0. The summed E-state index contributed by atoms with van der Waals surface area (Å²) in [7, 11) is 19.2. The van der Waals surface area contributed by atoms with Gasteiger partial charge in [-0.3, -0.25) is 0 Å². The van der Waals surface area contributed by atoms with E-state index in [-0.39, 0.29) is 25.3 Å². The van der Waals surface area contributed by atoms with Gasteiger partial charge in [0.05, 0.1) is 117 Å². The maximum absolute atomic E-state index is 12.9. The highest BCUT2D eigenvalue weighted by molar-refractivity contribution is 5.91. The molecular weight excluding hydrogens is 873 g/mol. The lowest BCUT2D eigenvalue weighted by Crippen LogP contribution is -2.52. The van der Waals surface area contributed by atoms with Crippen molar-refractivity contribution in [3.8, 4) is 51.7 Å². The first-order valence-corrected chi connectivity index (χ1v) is 23.0. The number of methoxy groups -OCH3 is 9. The Balaban J connectivity index is 1.05. The first-order chi connectivity index (χ1) is 32.8. The van der Waals surface area contributed by atoms with Crippen molar-refractivity contribution in [1.82, 2.24) is 0 Å². The van der Waals surface area contributed by atoms with E-state index in [9.17, 15) is 9.59 Å². The van der Waals surface area contributed by atoms with Crippen LogP contribution in [0.3, 0.4) is 0 Å². The minimum absolute atomic E-state index is 0.0122. The third-order valence-electron chi connectivity index (χ3n) is 13.8. The van der Waals surface area contributed by atoms with E-state index in [1.165, 1.54) is 16.7 Å². The fourth-order valence-electron chi connectivity index (χ4n) is 9.99. The van der Waals surface area contributed by atoms with Gasteiger partial charge in [-0.25, -0.2) is 9.59 Å². The van der Waals surface area contributed by atoms with Crippen LogP contribution in [-0.2, 0) is 44.7 Å². The van der Waals surface area contributed by atoms with Crippen LogP contribution in [-0.4, -0.2) is 138 Å². The molecule has 0 saturated heterocycles. The number of likely N-dealkylation sites (N-methyl/N-ethyl adjacent to an activating group) is 2. The highest BCUT2D eigenvalue weighted by Gasteiger charge is 2.41. The van der Waals surface area contributed by atoms with Crippen molar-refractivity contribution < 1.29 is 70.7 Å². The maximum atomic E-state index is 12.9. The first kappa shape index (κ1) is 51.1. The molecule has 0 aliphatic carbocycles. The topological polar surface area (TPSA) is 136 Å². The van der Waals surface area contributed by atoms with Crippen molar-refractivity contribution in [2.45, 2.75) is 50.6 Å². The lowest BCUT2D eigenvalue weighted by molar-refractivity contribution is -0.941. The Morgan fingerprint density at radius 2 is 0.868 bits per heavy atom. The van der Waals surface area contributed by atoms with Gasteiger partial charge in [-0.1, -0.05) is 6.07 Å². The monoisotopic (exact) mass is 942 g/mol. The fraction of sp³-hybridized carbons (Fsp3) is 0.472. The van der Waals surface area contributed by atoms with Crippen LogP contribution in [0.5, 0.6) is 51.7 Å². The molecule has 4 atom stereocenters. The lowest BCUT2D eigenvalue weighted by Gasteiger charge is -2.46. The minimum atomic E-state index is -0.602. The molecule has 2 heterocycles. The molecule has 2 aliphatic rings. The van der Waals surface area contributed by atoms with Crippen molar-refractivity contribution in [1.29, 1.82) is 0 Å². The van der Waals surface area contributed by atoms with Gasteiger partial charge in [-0.05, 0) is 70.8 Å². The molecule has 0 N–H and O–H groups in total. The molecule has 0 bridgehead atoms. The molecule has 368 valence electrons. The summed E-state index contributed by atoms with van der Waals surface area (Å²) in [4.78, 5) is 25.7. The number of nitrogens with zero attached hydrogens (tertiary/aromatic N) is 2. The van der Waals surface area contributed by atoms with Crippen molar-refractivity contribution in [2.75, 3.05) is 117 Å². The van der Waals surface area contributed by atoms with E-state index in [0.29, 0.717) is 75.5 Å². The Kier molecular flexibility index (Phi) is 17.4. The Hall–Kier alpha value is -6.32. The summed E-state index contributed by atoms with van der Waals surface area (Å²) in [5, 5.41) is 0. The smallest absolute Gasteiger partial charge is 0.331 e. The number of carbonyl (C=O) groups excluding carboxylic acids is 2. The molecule has 2 aliphatic heterocycles. The molecule has 4 aromatic rings. The fourth-order valence-corrected chi connectivity index (χ4v) is 9.99. The van der Waals surface area contributed by atoms with Gasteiger partial charge in [0.25, 0.3) is 0 Å². The van der Waals surface area contributed by atoms with E-state index in [4.69, 9.17) is 52.1 Å². The van der Waals surface area contributed by atoms with Gasteiger partial charge in [0.1, 0.15) is 12.1 Å². The Morgan fingerprint density at radius 1 is 0.485 bits per heavy atom. The molecule has 0 radical (unpaired) electrons. The minimum Gasteiger partial charge on any atom is -0.493 e. The van der Waals surface area contributed by atoms with Crippen molar-refractivity contribution in [3.05, 3.63) is 100 Å². The third-order valence-corrected chi connectivity index (χ3v) is 13.8. The highest BCUT2D eigenvalue weighted by atomic mass is 16.5. The van der Waals surface area contributed by atoms with Gasteiger partial charge in [0, 0.05) is 61.8 Å². The van der Waals surface area contributed by atoms with Crippen LogP contribution in [0, 0.1) is 0 Å². The van der Waals surface area contributed by atoms with E-state index < -0.39 is 11.9 Å². The van der Waals surface area contributed by atoms with Crippen LogP contribution < -0.4 is 42.6 Å². The summed E-state index contributed by atoms with van der Waals surface area (Å²) in [6, 6.07) is 18.4. The van der Waals surface area contributed by atoms with Crippen LogP contribution in [0.4, 0.5) is 0 Å². The molecule has 0 saturated carbocycles. The standard InChI is InChI=1S/C53H70N2O13/c1-54(22-18-37-31-45(60-5)47(62-7)33-39(37)41(54)26-35-14-15-43(58-3)44(28-35)59-4)20-12-24-67-51(56)16-17-52(57)68-25-13-21-55(2)23-19-38-32-46(61-6)48(63-8)34-40(38)42(55)27-36-29-49(64-9)53(66-11)50(30-36)65-10/h14-17,28-34,41-42H,12-13,18-27H2,1-11H3/q+2. The largest absolute Gasteiger partial charge is 0.493 e. The van der Waals surface area contributed by atoms with E-state index in [2.05, 4.69) is 44.4 Å². The summed E-state index contributed by atoms with van der Waals surface area (Å²) >= 11 is 0. The number of esters is 2. The Bertz CT molecular complexity index is 2390. The van der Waals surface area contributed by atoms with Gasteiger partial charge < -0.3 is 61.1 Å². The Morgan fingerprint density at radius 3 is 1.28 bits per heavy atom. The average molecular weight is 943 g/mol. The maximum Gasteiger partial charge on any atom is 0.331 e. The second kappa shape index (κ2) is 23.1. The number of carbonyl (C=O) groups is 2. The van der Waals surface area contributed by atoms with E-state index in [0.717, 1.165) is 78.8 Å². The first-order valence-electron chi connectivity index (χ1n) is 23.0. The zero-order valence-electron chi connectivity index (χ0n) is 41.7. The Labute approximate surface area is 401 Å². The number of quaternary nitrogens is 2. The molecule has 15 nitrogen and oxygen atoms in total. The molecule has 0 spiro atoms. The van der Waals surface area contributed by atoms with Gasteiger partial charge in [-0.2, -0.15) is 0 Å². The van der Waals surface area contributed by atoms with Gasteiger partial charge in [0.2, 0.25) is 5.75 Å². The van der Waals surface area contributed by atoms with Gasteiger partial charge >= 0.3 is 11.9 Å². The number of fused-ring (bicyclic) bond motifs is 2. The molecule has 68 heavy (non-hydrogen) atoms. The van der Waals surface area contributed by atoms with E-state index in [1.807, 2.05) is 24.3 Å². The number of hydrogen-bond acceptors (Lipinski definition) is 13. The quantitative estimate of drug-likeness (QED) is 0.0316. The highest BCUT2D eigenvalue weighted by Crippen LogP contribution is 2.46. The van der Waals surface area contributed by atoms with Crippen molar-refractivity contribution in [3.63, 3.8) is 0 Å². The van der Waals surface area contributed by atoms with E-state index >= 15 is 0 Å². The van der Waals surface area contributed by atoms with Crippen LogP contribution in [0.15, 0.2) is 66.7 Å². The van der Waals surface area contributed by atoms with Crippen LogP contribution in [0.25, 0.3) is 0 Å². The summed E-state index contributed by atoms with van der Waals surface area (Å²) in [6.45, 7) is 3.59. The predicted molar refractivity (Wildman–Crippen MR) is 257 cm³/mol. The molecule has 0 fully saturated rings. The molecule has 4 unspecified atom stereocenters. The van der Waals surface area contributed by atoms with Crippen molar-refractivity contribution >= 4 is 11.9 Å².